The molecule has 4 aromatic heterocycles. The van der Waals surface area contributed by atoms with Gasteiger partial charge in [-0.15, -0.1) is 65.9 Å². The van der Waals surface area contributed by atoms with Crippen LogP contribution in [0.15, 0.2) is 103 Å². The Hall–Kier alpha value is -5.98. The monoisotopic (exact) mass is 1900 g/mol. The Morgan fingerprint density at radius 1 is 0.452 bits per heavy atom. The van der Waals surface area contributed by atoms with Crippen LogP contribution in [0.1, 0.15) is 126 Å². The number of rotatable bonds is 33. The zero-order valence-corrected chi connectivity index (χ0v) is 81.0. The van der Waals surface area contributed by atoms with Crippen LogP contribution in [0, 0.1) is 9.54 Å². The van der Waals surface area contributed by atoms with Gasteiger partial charge in [-0.3, -0.25) is 67.0 Å². The molecule has 0 aromatic carbocycles. The Labute approximate surface area is 746 Å². The highest BCUT2D eigenvalue weighted by Gasteiger charge is 2.49. The molecule has 5 saturated heterocycles. The van der Waals surface area contributed by atoms with Crippen molar-refractivity contribution < 1.29 is 84.3 Å². The van der Waals surface area contributed by atoms with E-state index in [-0.39, 0.29) is 37.9 Å². The summed E-state index contributed by atoms with van der Waals surface area (Å²) in [5.74, 6) is -0.272. The number of carbonyl (C=O) groups excluding carboxylic acids is 2. The summed E-state index contributed by atoms with van der Waals surface area (Å²) < 4.78 is 34.7. The second kappa shape index (κ2) is 47.9. The number of aromatic nitrogens is 8. The fourth-order valence-corrected chi connectivity index (χ4v) is 19.1. The van der Waals surface area contributed by atoms with Crippen molar-refractivity contribution in [2.75, 3.05) is 111 Å². The van der Waals surface area contributed by atoms with Crippen molar-refractivity contribution in [1.29, 1.82) is 0 Å². The molecule has 1 amide bonds. The van der Waals surface area contributed by atoms with Gasteiger partial charge in [-0.25, -0.2) is 9.59 Å². The lowest BCUT2D eigenvalue weighted by Crippen LogP contribution is -2.47. The van der Waals surface area contributed by atoms with Crippen LogP contribution in [0.4, 0.5) is 0 Å². The minimum Gasteiger partial charge on any atom is -0.388 e. The second-order valence-electron chi connectivity index (χ2n) is 35.8. The summed E-state index contributed by atoms with van der Waals surface area (Å²) in [6, 6.07) is 0. The highest BCUT2D eigenvalue weighted by molar-refractivity contribution is 7.73. The zero-order chi connectivity index (χ0) is 94.7. The van der Waals surface area contributed by atoms with Gasteiger partial charge < -0.3 is 95.6 Å². The number of ketones is 1. The molecule has 10 heterocycles. The molecule has 10 rings (SSSR count). The van der Waals surface area contributed by atoms with E-state index in [0.717, 1.165) is 72.3 Å². The molecule has 0 radical (unpaired) electrons. The highest BCUT2D eigenvalue weighted by Crippen LogP contribution is 2.44. The van der Waals surface area contributed by atoms with E-state index in [1.54, 1.807) is 24.5 Å². The van der Waals surface area contributed by atoms with Gasteiger partial charge >= 0.3 is 11.4 Å². The molecule has 17 N–H and O–H groups in total. The number of nitrogens with one attached hydrogen (secondary N) is 7. The number of aromatic amines is 4. The van der Waals surface area contributed by atoms with Gasteiger partial charge in [0, 0.05) is 55.2 Å². The molecule has 0 bridgehead atoms. The molecule has 126 heavy (non-hydrogen) atoms. The molecule has 0 spiro atoms. The number of ether oxygens (including phenoxy) is 5. The number of nitrogens with zero attached hydrogens (tertiary/aromatic N) is 5. The molecule has 35 nitrogen and oxygen atoms in total. The lowest BCUT2D eigenvalue weighted by Gasteiger charge is -2.34. The molecule has 42 heteroatoms. The molecule has 0 unspecified atom stereocenters. The van der Waals surface area contributed by atoms with E-state index in [0.29, 0.717) is 73.3 Å². The van der Waals surface area contributed by atoms with Crippen LogP contribution in [0.2, 0.25) is 0 Å². The van der Waals surface area contributed by atoms with Crippen LogP contribution in [0.5, 0.6) is 0 Å². The predicted molar refractivity (Wildman–Crippen MR) is 516 cm³/mol. The van der Waals surface area contributed by atoms with E-state index in [1.165, 1.54) is 57.8 Å². The fraction of sp³-hybridized carbons (Fsp3) is 0.607. The largest absolute Gasteiger partial charge is 0.388 e. The summed E-state index contributed by atoms with van der Waals surface area (Å²) >= 11 is 10.5. The van der Waals surface area contributed by atoms with Crippen molar-refractivity contribution in [1.82, 2.24) is 59.1 Å². The maximum Gasteiger partial charge on any atom is 0.330 e. The average Bonchev–Trinajstić information content (AvgIpc) is 1.66. The third-order valence-corrected chi connectivity index (χ3v) is 29.0. The Kier molecular flexibility index (Phi) is 41.4. The van der Waals surface area contributed by atoms with E-state index in [4.69, 9.17) is 48.1 Å². The van der Waals surface area contributed by atoms with E-state index in [1.807, 2.05) is 20.8 Å². The van der Waals surface area contributed by atoms with E-state index < -0.39 is 180 Å². The summed E-state index contributed by atoms with van der Waals surface area (Å²) in [5.41, 5.74) is -1.41. The first-order valence-corrected chi connectivity index (χ1v) is 57.9. The molecule has 20 atom stereocenters. The fourth-order valence-electron chi connectivity index (χ4n) is 13.9. The smallest absolute Gasteiger partial charge is 0.330 e. The maximum atomic E-state index is 12.1. The minimum atomic E-state index is -1.33. The molecule has 6 aliphatic rings. The third-order valence-electron chi connectivity index (χ3n) is 21.1. The Morgan fingerprint density at radius 3 is 1.05 bits per heavy atom. The highest BCUT2D eigenvalue weighted by atomic mass is 32.1. The predicted octanol–water partition coefficient (Wildman–Crippen LogP) is 3.29. The molecule has 708 valence electrons. The van der Waals surface area contributed by atoms with Gasteiger partial charge in [0.25, 0.3) is 28.1 Å². The first kappa shape index (κ1) is 109. The number of H-pyrrole nitrogens is 4. The van der Waals surface area contributed by atoms with Crippen LogP contribution in [0.25, 0.3) is 12.2 Å². The van der Waals surface area contributed by atoms with Crippen LogP contribution >= 0.6 is 58.9 Å². The van der Waals surface area contributed by atoms with E-state index in [2.05, 4.69) is 147 Å². The Balaban J connectivity index is 0.000000243. The molecule has 0 saturated carbocycles. The van der Waals surface area contributed by atoms with Crippen molar-refractivity contribution in [2.45, 2.75) is 215 Å². The topological polar surface area (TPSA) is 507 Å². The maximum absolute atomic E-state index is 12.1. The number of aliphatic hydroxyl groups is 10. The first-order chi connectivity index (χ1) is 58.5. The van der Waals surface area contributed by atoms with Crippen molar-refractivity contribution in [3.63, 3.8) is 0 Å². The van der Waals surface area contributed by atoms with Gasteiger partial charge in [0.05, 0.1) is 47.2 Å². The Bertz CT molecular complexity index is 5150. The van der Waals surface area contributed by atoms with Crippen LogP contribution < -0.4 is 49.6 Å². The lowest BCUT2D eigenvalue weighted by molar-refractivity contribution is -0.119. The molecular formula is C84H137N12O23P5S2. The summed E-state index contributed by atoms with van der Waals surface area (Å²) in [6.07, 6.45) is 26.7. The van der Waals surface area contributed by atoms with Crippen LogP contribution in [0.3, 0.4) is 0 Å². The summed E-state index contributed by atoms with van der Waals surface area (Å²) in [4.78, 5) is 106. The number of aliphatic hydroxyl groups excluding tert-OH is 10. The average molecular weight is 1900 g/mol. The van der Waals surface area contributed by atoms with Gasteiger partial charge in [-0.05, 0) is 205 Å². The van der Waals surface area contributed by atoms with E-state index >= 15 is 0 Å². The van der Waals surface area contributed by atoms with Gasteiger partial charge in [0.15, 0.2) is 46.5 Å². The minimum absolute atomic E-state index is 0.0679. The quantitative estimate of drug-likeness (QED) is 0.0141. The zero-order valence-electron chi connectivity index (χ0n) is 74.9. The van der Waals surface area contributed by atoms with Crippen LogP contribution in [-0.4, -0.2) is 346 Å². The van der Waals surface area contributed by atoms with E-state index in [9.17, 15) is 89.4 Å². The van der Waals surface area contributed by atoms with Crippen molar-refractivity contribution in [2.24, 2.45) is 0 Å². The number of hydrogen-bond donors (Lipinski definition) is 17. The third kappa shape index (κ3) is 31.9. The first-order valence-electron chi connectivity index (χ1n) is 41.8. The number of allylic oxidation sites excluding steroid dienone is 2. The van der Waals surface area contributed by atoms with Crippen LogP contribution in [-0.2, 0) is 46.4 Å². The second-order valence-corrected chi connectivity index (χ2v) is 58.2. The number of carbonyl (C=O) groups is 2. The van der Waals surface area contributed by atoms with Gasteiger partial charge in [-0.2, -0.15) is 0 Å². The van der Waals surface area contributed by atoms with Gasteiger partial charge in [0.1, 0.15) is 66.9 Å². The normalized spacial score (nSPS) is 27.6. The molecule has 4 aromatic rings. The molecule has 6 aliphatic heterocycles. The van der Waals surface area contributed by atoms with Gasteiger partial charge in [0.2, 0.25) is 0 Å². The standard InChI is InChI=1S/2C17H30N3O4PS.C17H25N2O6P.C17H27N2O5P.C16H25N2O4P/c2*1-5-7-18-9-11-10-20(17(26)19-15(11)23)16-14(22)13(21)12(24-16)6-8-25(2,3)4;1-10(20)5-6-11-9-19(17(24)18-15(11)23)16-14(22)13(21)12(25-16)7-8-26(2,3)4;1-5-6-7-11-10-19(17(23)18-15(11)22)16-14(21)13(20)12(24-16)8-9-25(2,3)4;1-6-11-9-18(10(2)17-15(11)21)16-14(20)13(19)12(22-16)7-8-23(3,4)5/h2*10,12-14,16,18,21-22H,2,5-9H2,1,3-4H3,(H,19,23,26);5-6,9,12-14,16,21-22H,2,7-8H2,1,3-4H3,(H,18,23,24);6-7,10,12-14,16,20-21H,2,5,8-9H2,1,3-4H3,(H,18,22,23);6,9,12-14,16,19-20H,1-3,7-8H2,4-5H3,(H,17,21)/b;;6-5+;7-6+;/t5*12-,13-,14-,16-/m11111/s1. The molecule has 0 aliphatic carbocycles. The van der Waals surface area contributed by atoms with Gasteiger partial charge in [-0.1, -0.05) is 52.2 Å². The van der Waals surface area contributed by atoms with Crippen molar-refractivity contribution in [3.8, 4) is 0 Å². The van der Waals surface area contributed by atoms with Crippen molar-refractivity contribution >= 4 is 114 Å². The Morgan fingerprint density at radius 2 is 0.754 bits per heavy atom. The summed E-state index contributed by atoms with van der Waals surface area (Å²) in [7, 11) is 0. The SMILES string of the molecule is C=CC1=CN([C@@H]2O[C@H](CCP(=C)(C)C)[C@@H](O)[C@H]2O)C(=C)NC1=O.C=P(C)(C)CC[C@H]1O[C@@H](n2cc(/C=C/C(C)=O)c(=O)[nH]c2=O)[C@H](O)[C@@H]1O.C=P(C)(C)CC[C@H]1O[C@@H](n2cc(/C=C/CC)c(=O)[nH]c2=O)[C@H](O)[C@@H]1O.C=P(C)(C)CC[C@H]1O[C@@H](n2cc(CNCCC)c(=O)[nH]c2=S)[C@H](O)[C@@H]1O.C=P(C)(C)CC[C@H]1O[C@@H](n2cc(CNCCC)c(=O)[nH]c2=S)[C@H](O)[C@@H]1O. The molecule has 5 fully saturated rings. The number of amides is 1. The number of hydrogen-bond acceptors (Lipinski definition) is 28. The summed E-state index contributed by atoms with van der Waals surface area (Å²) in [5, 5.41) is 112. The lowest BCUT2D eigenvalue weighted by atomic mass is 10.1. The molecular weight excluding hydrogens is 1760 g/mol. The summed E-state index contributed by atoms with van der Waals surface area (Å²) in [6.45, 7) is 31.7. The van der Waals surface area contributed by atoms with Crippen molar-refractivity contribution in [3.05, 3.63) is 168 Å².